The van der Waals surface area contributed by atoms with Crippen molar-refractivity contribution in [2.45, 2.75) is 50.7 Å². The predicted octanol–water partition coefficient (Wildman–Crippen LogP) is 2.68. The molecule has 2 aliphatic rings. The Kier molecular flexibility index (Phi) is 5.46. The molecule has 0 aromatic carbocycles. The molecule has 2 rings (SSSR count). The Morgan fingerprint density at radius 3 is 3.00 bits per heavy atom. The summed E-state index contributed by atoms with van der Waals surface area (Å²) in [5.74, 6) is 3.65. The summed E-state index contributed by atoms with van der Waals surface area (Å²) in [4.78, 5) is 0. The molecule has 0 aliphatic carbocycles. The standard InChI is InChI=1S/C13H25NOS/c1-14-13(11-7-9-16-10-11)6-2-4-12-5-3-8-15-12/h11-14H,2-10H2,1H3. The van der Waals surface area contributed by atoms with Crippen LogP contribution in [0.2, 0.25) is 0 Å². The Morgan fingerprint density at radius 1 is 1.44 bits per heavy atom. The van der Waals surface area contributed by atoms with Crippen molar-refractivity contribution >= 4 is 11.8 Å². The highest BCUT2D eigenvalue weighted by atomic mass is 32.2. The Hall–Kier alpha value is 0.270. The summed E-state index contributed by atoms with van der Waals surface area (Å²) >= 11 is 2.12. The number of rotatable bonds is 6. The van der Waals surface area contributed by atoms with Gasteiger partial charge in [-0.25, -0.2) is 0 Å². The zero-order valence-electron chi connectivity index (χ0n) is 10.4. The fourth-order valence-corrected chi connectivity index (χ4v) is 4.26. The van der Waals surface area contributed by atoms with Crippen molar-refractivity contribution in [1.82, 2.24) is 5.32 Å². The molecule has 2 heterocycles. The van der Waals surface area contributed by atoms with Gasteiger partial charge in [-0.3, -0.25) is 0 Å². The highest BCUT2D eigenvalue weighted by Gasteiger charge is 2.24. The van der Waals surface area contributed by atoms with Crippen LogP contribution >= 0.6 is 11.8 Å². The zero-order chi connectivity index (χ0) is 11.2. The van der Waals surface area contributed by atoms with Gasteiger partial charge in [-0.2, -0.15) is 11.8 Å². The molecule has 2 aliphatic heterocycles. The first-order valence-corrected chi connectivity index (χ1v) is 7.92. The molecule has 0 radical (unpaired) electrons. The minimum absolute atomic E-state index is 0.579. The van der Waals surface area contributed by atoms with Gasteiger partial charge in [0.15, 0.2) is 0 Å². The maximum atomic E-state index is 5.67. The van der Waals surface area contributed by atoms with Crippen LogP contribution < -0.4 is 5.32 Å². The van der Waals surface area contributed by atoms with Crippen molar-refractivity contribution < 1.29 is 4.74 Å². The van der Waals surface area contributed by atoms with Crippen LogP contribution in [0.1, 0.15) is 38.5 Å². The van der Waals surface area contributed by atoms with Crippen molar-refractivity contribution in [2.24, 2.45) is 5.92 Å². The first-order chi connectivity index (χ1) is 7.90. The van der Waals surface area contributed by atoms with Crippen molar-refractivity contribution in [3.05, 3.63) is 0 Å². The SMILES string of the molecule is CNC(CCCC1CCCO1)C1CCSC1. The third-order valence-electron chi connectivity index (χ3n) is 3.97. The molecular formula is C13H25NOS. The number of thioether (sulfide) groups is 1. The first kappa shape index (κ1) is 12.7. The number of nitrogens with one attached hydrogen (secondary N) is 1. The molecule has 3 unspecified atom stereocenters. The van der Waals surface area contributed by atoms with E-state index in [9.17, 15) is 0 Å². The highest BCUT2D eigenvalue weighted by Crippen LogP contribution is 2.28. The molecule has 0 amide bonds. The average molecular weight is 243 g/mol. The van der Waals surface area contributed by atoms with E-state index >= 15 is 0 Å². The molecule has 0 spiro atoms. The van der Waals surface area contributed by atoms with Crippen LogP contribution in [0.25, 0.3) is 0 Å². The second-order valence-electron chi connectivity index (χ2n) is 5.08. The second-order valence-corrected chi connectivity index (χ2v) is 6.23. The molecule has 94 valence electrons. The topological polar surface area (TPSA) is 21.3 Å². The lowest BCUT2D eigenvalue weighted by Gasteiger charge is -2.22. The van der Waals surface area contributed by atoms with E-state index in [-0.39, 0.29) is 0 Å². The summed E-state index contributed by atoms with van der Waals surface area (Å²) in [5.41, 5.74) is 0. The smallest absolute Gasteiger partial charge is 0.0576 e. The Labute approximate surface area is 104 Å². The van der Waals surface area contributed by atoms with Crippen molar-refractivity contribution in [2.75, 3.05) is 25.2 Å². The van der Waals surface area contributed by atoms with Crippen LogP contribution in [0, 0.1) is 5.92 Å². The average Bonchev–Trinajstić information content (AvgIpc) is 2.96. The maximum Gasteiger partial charge on any atom is 0.0576 e. The minimum Gasteiger partial charge on any atom is -0.378 e. The molecule has 0 saturated carbocycles. The van der Waals surface area contributed by atoms with Gasteiger partial charge in [-0.1, -0.05) is 0 Å². The van der Waals surface area contributed by atoms with Gasteiger partial charge >= 0.3 is 0 Å². The largest absolute Gasteiger partial charge is 0.378 e. The van der Waals surface area contributed by atoms with Crippen LogP contribution in [0.5, 0.6) is 0 Å². The number of hydrogen-bond donors (Lipinski definition) is 1. The lowest BCUT2D eigenvalue weighted by atomic mass is 9.94. The van der Waals surface area contributed by atoms with Gasteiger partial charge in [0.2, 0.25) is 0 Å². The first-order valence-electron chi connectivity index (χ1n) is 6.76. The molecule has 0 bridgehead atoms. The lowest BCUT2D eigenvalue weighted by Crippen LogP contribution is -2.33. The fourth-order valence-electron chi connectivity index (χ4n) is 2.92. The maximum absolute atomic E-state index is 5.67. The van der Waals surface area contributed by atoms with E-state index < -0.39 is 0 Å². The highest BCUT2D eigenvalue weighted by molar-refractivity contribution is 7.99. The molecule has 3 atom stereocenters. The Balaban J connectivity index is 1.62. The molecule has 2 fully saturated rings. The van der Waals surface area contributed by atoms with Gasteiger partial charge in [0, 0.05) is 12.6 Å². The Bertz CT molecular complexity index is 188. The summed E-state index contributed by atoms with van der Waals surface area (Å²) in [5, 5.41) is 3.52. The predicted molar refractivity (Wildman–Crippen MR) is 71.1 cm³/mol. The molecule has 16 heavy (non-hydrogen) atoms. The van der Waals surface area contributed by atoms with Crippen LogP contribution in [0.3, 0.4) is 0 Å². The number of ether oxygens (including phenoxy) is 1. The number of hydrogen-bond acceptors (Lipinski definition) is 3. The van der Waals surface area contributed by atoms with Crippen LogP contribution in [-0.4, -0.2) is 37.3 Å². The summed E-state index contributed by atoms with van der Waals surface area (Å²) in [6, 6.07) is 0.747. The summed E-state index contributed by atoms with van der Waals surface area (Å²) in [7, 11) is 2.12. The van der Waals surface area contributed by atoms with Crippen LogP contribution in [-0.2, 0) is 4.74 Å². The van der Waals surface area contributed by atoms with Gasteiger partial charge in [-0.15, -0.1) is 0 Å². The molecule has 2 nitrogen and oxygen atoms in total. The van der Waals surface area contributed by atoms with Crippen LogP contribution in [0.15, 0.2) is 0 Å². The van der Waals surface area contributed by atoms with E-state index in [4.69, 9.17) is 4.74 Å². The van der Waals surface area contributed by atoms with Gasteiger partial charge in [0.1, 0.15) is 0 Å². The van der Waals surface area contributed by atoms with Gasteiger partial charge in [0.25, 0.3) is 0 Å². The van der Waals surface area contributed by atoms with E-state index in [1.807, 2.05) is 0 Å². The summed E-state index contributed by atoms with van der Waals surface area (Å²) in [6.07, 6.45) is 8.51. The van der Waals surface area contributed by atoms with Crippen LogP contribution in [0.4, 0.5) is 0 Å². The molecule has 1 N–H and O–H groups in total. The summed E-state index contributed by atoms with van der Waals surface area (Å²) in [6.45, 7) is 0.999. The molecule has 2 saturated heterocycles. The van der Waals surface area contributed by atoms with Gasteiger partial charge in [0.05, 0.1) is 6.10 Å². The molecule has 0 aromatic rings. The van der Waals surface area contributed by atoms with E-state index in [1.165, 1.54) is 50.0 Å². The van der Waals surface area contributed by atoms with E-state index in [2.05, 4.69) is 24.1 Å². The Morgan fingerprint density at radius 2 is 2.38 bits per heavy atom. The second kappa shape index (κ2) is 6.87. The fraction of sp³-hybridized carbons (Fsp3) is 1.00. The zero-order valence-corrected chi connectivity index (χ0v) is 11.2. The normalized spacial score (nSPS) is 32.1. The van der Waals surface area contributed by atoms with E-state index in [1.54, 1.807) is 0 Å². The van der Waals surface area contributed by atoms with E-state index in [0.717, 1.165) is 18.6 Å². The van der Waals surface area contributed by atoms with Gasteiger partial charge in [-0.05, 0) is 63.0 Å². The molecular weight excluding hydrogens is 218 g/mol. The lowest BCUT2D eigenvalue weighted by molar-refractivity contribution is 0.101. The van der Waals surface area contributed by atoms with Crippen molar-refractivity contribution in [3.63, 3.8) is 0 Å². The third-order valence-corrected chi connectivity index (χ3v) is 5.16. The minimum atomic E-state index is 0.579. The monoisotopic (exact) mass is 243 g/mol. The quantitative estimate of drug-likeness (QED) is 0.775. The van der Waals surface area contributed by atoms with Gasteiger partial charge < -0.3 is 10.1 Å². The van der Waals surface area contributed by atoms with Crippen molar-refractivity contribution in [1.29, 1.82) is 0 Å². The van der Waals surface area contributed by atoms with Crippen molar-refractivity contribution in [3.8, 4) is 0 Å². The van der Waals surface area contributed by atoms with E-state index in [0.29, 0.717) is 6.10 Å². The molecule has 3 heteroatoms. The summed E-state index contributed by atoms with van der Waals surface area (Å²) < 4.78 is 5.67. The molecule has 0 aromatic heterocycles. The third kappa shape index (κ3) is 3.64.